The summed E-state index contributed by atoms with van der Waals surface area (Å²) in [7, 11) is 0. The lowest BCUT2D eigenvalue weighted by molar-refractivity contribution is 0.102. The highest BCUT2D eigenvalue weighted by Crippen LogP contribution is 2.27. The minimum Gasteiger partial charge on any atom is -0.438 e. The third-order valence-electron chi connectivity index (χ3n) is 3.64. The van der Waals surface area contributed by atoms with Crippen molar-refractivity contribution >= 4 is 27.5 Å². The number of hydrogen-bond donors (Lipinski definition) is 2. The summed E-state index contributed by atoms with van der Waals surface area (Å²) in [5.74, 6) is 0.434. The van der Waals surface area contributed by atoms with Crippen molar-refractivity contribution in [2.45, 2.75) is 13.8 Å². The normalized spacial score (nSPS) is 10.2. The van der Waals surface area contributed by atoms with Gasteiger partial charge >= 0.3 is 0 Å². The van der Waals surface area contributed by atoms with Gasteiger partial charge in [-0.3, -0.25) is 9.89 Å². The van der Waals surface area contributed by atoms with Crippen LogP contribution < -0.4 is 10.1 Å². The predicted octanol–water partition coefficient (Wildman–Crippen LogP) is 4.10. The van der Waals surface area contributed by atoms with Gasteiger partial charge in [0.15, 0.2) is 5.69 Å². The molecule has 0 unspecified atom stereocenters. The number of carbonyl (C=O) groups excluding carboxylic acids is 1. The molecular formula is C18H14BrN5O2. The Hall–Kier alpha value is -3.18. The number of rotatable bonds is 4. The Morgan fingerprint density at radius 1 is 1.35 bits per heavy atom. The number of H-pyrrole nitrogens is 1. The lowest BCUT2D eigenvalue weighted by atomic mass is 10.2. The zero-order chi connectivity index (χ0) is 18.7. The fraction of sp³-hybridized carbons (Fsp3) is 0.111. The summed E-state index contributed by atoms with van der Waals surface area (Å²) in [5.41, 5.74) is 2.85. The molecule has 0 spiro atoms. The summed E-state index contributed by atoms with van der Waals surface area (Å²) >= 11 is 3.34. The molecule has 0 radical (unpaired) electrons. The Bertz CT molecular complexity index is 1020. The van der Waals surface area contributed by atoms with Crippen molar-refractivity contribution < 1.29 is 9.53 Å². The van der Waals surface area contributed by atoms with Crippen LogP contribution in [0.25, 0.3) is 0 Å². The van der Waals surface area contributed by atoms with Gasteiger partial charge in [0.25, 0.3) is 5.91 Å². The van der Waals surface area contributed by atoms with E-state index < -0.39 is 0 Å². The van der Waals surface area contributed by atoms with E-state index in [1.807, 2.05) is 19.9 Å². The monoisotopic (exact) mass is 411 g/mol. The van der Waals surface area contributed by atoms with Crippen molar-refractivity contribution in [1.29, 1.82) is 5.26 Å². The fourth-order valence-corrected chi connectivity index (χ4v) is 2.61. The molecule has 2 heterocycles. The van der Waals surface area contributed by atoms with Crippen LogP contribution in [-0.4, -0.2) is 21.1 Å². The number of aromatic nitrogens is 3. The number of nitrogens with one attached hydrogen (secondary N) is 2. The molecule has 0 aliphatic heterocycles. The number of anilines is 1. The number of carbonyl (C=O) groups is 1. The maximum Gasteiger partial charge on any atom is 0.277 e. The van der Waals surface area contributed by atoms with Crippen molar-refractivity contribution in [3.63, 3.8) is 0 Å². The average molecular weight is 412 g/mol. The van der Waals surface area contributed by atoms with Gasteiger partial charge in [-0.25, -0.2) is 4.98 Å². The van der Waals surface area contributed by atoms with Crippen molar-refractivity contribution in [3.8, 4) is 17.7 Å². The molecule has 8 heteroatoms. The number of halogens is 1. The van der Waals surface area contributed by atoms with Gasteiger partial charge in [-0.15, -0.1) is 0 Å². The highest BCUT2D eigenvalue weighted by Gasteiger charge is 2.17. The van der Waals surface area contributed by atoms with Crippen molar-refractivity contribution in [2.75, 3.05) is 5.32 Å². The van der Waals surface area contributed by atoms with Gasteiger partial charge in [-0.05, 0) is 65.7 Å². The SMILES string of the molecule is Cc1cc(Oc2ncccc2C#N)ccc1NC(=O)c1n[nH]c(C)c1Br. The first kappa shape index (κ1) is 17.6. The summed E-state index contributed by atoms with van der Waals surface area (Å²) in [5, 5.41) is 18.7. The standard InChI is InChI=1S/C18H14BrN5O2/c1-10-8-13(26-18-12(9-20)4-3-7-21-18)5-6-14(10)22-17(25)16-15(19)11(2)23-24-16/h3-8H,1-2H3,(H,22,25)(H,23,24). The van der Waals surface area contributed by atoms with Crippen LogP contribution in [0.5, 0.6) is 11.6 Å². The number of ether oxygens (including phenoxy) is 1. The van der Waals surface area contributed by atoms with Crippen molar-refractivity contribution in [2.24, 2.45) is 0 Å². The minimum atomic E-state index is -0.325. The molecule has 0 saturated carbocycles. The molecule has 2 N–H and O–H groups in total. The van der Waals surface area contributed by atoms with E-state index in [0.29, 0.717) is 21.5 Å². The first-order valence-corrected chi connectivity index (χ1v) is 8.44. The molecule has 3 aromatic rings. The number of aryl methyl sites for hydroxylation is 2. The van der Waals surface area contributed by atoms with Gasteiger partial charge in [0.2, 0.25) is 5.88 Å². The molecule has 1 amide bonds. The molecule has 0 aliphatic rings. The number of aromatic amines is 1. The minimum absolute atomic E-state index is 0.238. The Morgan fingerprint density at radius 3 is 2.81 bits per heavy atom. The lowest BCUT2D eigenvalue weighted by Crippen LogP contribution is -2.14. The number of nitrogens with zero attached hydrogens (tertiary/aromatic N) is 3. The zero-order valence-corrected chi connectivity index (χ0v) is 15.6. The van der Waals surface area contributed by atoms with Gasteiger partial charge in [-0.1, -0.05) is 0 Å². The predicted molar refractivity (Wildman–Crippen MR) is 99.2 cm³/mol. The highest BCUT2D eigenvalue weighted by atomic mass is 79.9. The second-order valence-electron chi connectivity index (χ2n) is 5.51. The average Bonchev–Trinajstić information content (AvgIpc) is 2.97. The molecule has 0 aliphatic carbocycles. The smallest absolute Gasteiger partial charge is 0.277 e. The van der Waals surface area contributed by atoms with Crippen LogP contribution in [-0.2, 0) is 0 Å². The molecule has 0 fully saturated rings. The second kappa shape index (κ2) is 7.37. The number of hydrogen-bond acceptors (Lipinski definition) is 5. The van der Waals surface area contributed by atoms with Crippen LogP contribution in [0.3, 0.4) is 0 Å². The molecule has 26 heavy (non-hydrogen) atoms. The Labute approximate surface area is 158 Å². The van der Waals surface area contributed by atoms with E-state index in [4.69, 9.17) is 10.00 Å². The van der Waals surface area contributed by atoms with E-state index >= 15 is 0 Å². The van der Waals surface area contributed by atoms with Crippen LogP contribution in [0, 0.1) is 25.2 Å². The summed E-state index contributed by atoms with van der Waals surface area (Å²) in [6.45, 7) is 3.66. The molecule has 130 valence electrons. The van der Waals surface area contributed by atoms with E-state index in [0.717, 1.165) is 11.3 Å². The van der Waals surface area contributed by atoms with E-state index in [-0.39, 0.29) is 17.5 Å². The molecular weight excluding hydrogens is 398 g/mol. The topological polar surface area (TPSA) is 104 Å². The number of benzene rings is 1. The van der Waals surface area contributed by atoms with Crippen molar-refractivity contribution in [3.05, 3.63) is 63.5 Å². The van der Waals surface area contributed by atoms with Crippen LogP contribution in [0.1, 0.15) is 27.3 Å². The molecule has 0 saturated heterocycles. The first-order chi connectivity index (χ1) is 12.5. The summed E-state index contributed by atoms with van der Waals surface area (Å²) in [4.78, 5) is 16.4. The molecule has 0 bridgehead atoms. The number of amides is 1. The number of nitriles is 1. The molecule has 1 aromatic carbocycles. The maximum atomic E-state index is 12.4. The molecule has 2 aromatic heterocycles. The Kier molecular flexibility index (Phi) is 5.00. The van der Waals surface area contributed by atoms with Crippen molar-refractivity contribution in [1.82, 2.24) is 15.2 Å². The van der Waals surface area contributed by atoms with Crippen LogP contribution in [0.15, 0.2) is 41.0 Å². The second-order valence-corrected chi connectivity index (χ2v) is 6.31. The quantitative estimate of drug-likeness (QED) is 0.672. The Morgan fingerprint density at radius 2 is 2.15 bits per heavy atom. The van der Waals surface area contributed by atoms with Gasteiger partial charge < -0.3 is 10.1 Å². The molecule has 0 atom stereocenters. The molecule has 7 nitrogen and oxygen atoms in total. The lowest BCUT2D eigenvalue weighted by Gasteiger charge is -2.11. The van der Waals surface area contributed by atoms with E-state index in [1.54, 1.807) is 36.5 Å². The third kappa shape index (κ3) is 3.58. The zero-order valence-electron chi connectivity index (χ0n) is 14.0. The summed E-state index contributed by atoms with van der Waals surface area (Å²) in [6, 6.07) is 10.5. The van der Waals surface area contributed by atoms with Crippen LogP contribution >= 0.6 is 15.9 Å². The van der Waals surface area contributed by atoms with E-state index in [9.17, 15) is 4.79 Å². The highest BCUT2D eigenvalue weighted by molar-refractivity contribution is 9.10. The van der Waals surface area contributed by atoms with Gasteiger partial charge in [0, 0.05) is 17.6 Å². The fourth-order valence-electron chi connectivity index (χ4n) is 2.26. The number of pyridine rings is 1. The van der Waals surface area contributed by atoms with Crippen LogP contribution in [0.4, 0.5) is 5.69 Å². The Balaban J connectivity index is 1.79. The summed E-state index contributed by atoms with van der Waals surface area (Å²) < 4.78 is 6.31. The van der Waals surface area contributed by atoms with Gasteiger partial charge in [-0.2, -0.15) is 10.4 Å². The van der Waals surface area contributed by atoms with E-state index in [1.165, 1.54) is 0 Å². The maximum absolute atomic E-state index is 12.4. The third-order valence-corrected chi connectivity index (χ3v) is 4.61. The van der Waals surface area contributed by atoms with Gasteiger partial charge in [0.1, 0.15) is 17.4 Å². The summed E-state index contributed by atoms with van der Waals surface area (Å²) in [6.07, 6.45) is 1.56. The first-order valence-electron chi connectivity index (χ1n) is 7.65. The molecule has 3 rings (SSSR count). The van der Waals surface area contributed by atoms with E-state index in [2.05, 4.69) is 36.4 Å². The van der Waals surface area contributed by atoms with Crippen LogP contribution in [0.2, 0.25) is 0 Å². The van der Waals surface area contributed by atoms with Gasteiger partial charge in [0.05, 0.1) is 4.47 Å². The largest absolute Gasteiger partial charge is 0.438 e.